The minimum atomic E-state index is 0.589. The first-order valence-electron chi connectivity index (χ1n) is 5.49. The smallest absolute Gasteiger partial charge is 0.223 e. The standard InChI is InChI=1S/C10H18N4O/c1-8-7-14(6-4-11-8)5-3-10-12-9(2)15-13-10/h8,11H,3-7H2,1-2H3. The lowest BCUT2D eigenvalue weighted by atomic mass is 10.2. The first kappa shape index (κ1) is 10.6. The van der Waals surface area contributed by atoms with Gasteiger partial charge >= 0.3 is 0 Å². The summed E-state index contributed by atoms with van der Waals surface area (Å²) in [5, 5.41) is 7.31. The van der Waals surface area contributed by atoms with Crippen molar-refractivity contribution in [2.45, 2.75) is 26.3 Å². The van der Waals surface area contributed by atoms with Crippen LogP contribution in [0.1, 0.15) is 18.6 Å². The summed E-state index contributed by atoms with van der Waals surface area (Å²) in [6, 6.07) is 0.589. The van der Waals surface area contributed by atoms with Crippen LogP contribution in [0.25, 0.3) is 0 Å². The molecule has 0 aromatic carbocycles. The van der Waals surface area contributed by atoms with Crippen LogP contribution in [0, 0.1) is 6.92 Å². The Hall–Kier alpha value is -0.940. The number of nitrogens with one attached hydrogen (secondary N) is 1. The normalized spacial score (nSPS) is 23.2. The molecule has 1 aromatic heterocycles. The van der Waals surface area contributed by atoms with Crippen LogP contribution in [0.3, 0.4) is 0 Å². The number of rotatable bonds is 3. The molecule has 0 aliphatic carbocycles. The predicted octanol–water partition coefficient (Wildman–Crippen LogP) is 0.214. The highest BCUT2D eigenvalue weighted by molar-refractivity contribution is 4.86. The van der Waals surface area contributed by atoms with E-state index in [1.807, 2.05) is 6.92 Å². The molecule has 1 N–H and O–H groups in total. The van der Waals surface area contributed by atoms with Gasteiger partial charge in [0.05, 0.1) is 0 Å². The van der Waals surface area contributed by atoms with E-state index in [4.69, 9.17) is 4.52 Å². The molecular formula is C10H18N4O. The van der Waals surface area contributed by atoms with E-state index in [-0.39, 0.29) is 0 Å². The van der Waals surface area contributed by atoms with E-state index in [2.05, 4.69) is 27.3 Å². The maximum atomic E-state index is 4.93. The molecule has 1 aliphatic heterocycles. The lowest BCUT2D eigenvalue weighted by Gasteiger charge is -2.31. The van der Waals surface area contributed by atoms with Gasteiger partial charge in [0.15, 0.2) is 5.82 Å². The highest BCUT2D eigenvalue weighted by Gasteiger charge is 2.15. The number of aryl methyl sites for hydroxylation is 1. The van der Waals surface area contributed by atoms with E-state index >= 15 is 0 Å². The van der Waals surface area contributed by atoms with E-state index in [0.717, 1.165) is 38.4 Å². The van der Waals surface area contributed by atoms with Gasteiger partial charge in [-0.15, -0.1) is 0 Å². The number of hydrogen-bond acceptors (Lipinski definition) is 5. The van der Waals surface area contributed by atoms with Crippen molar-refractivity contribution in [2.24, 2.45) is 0 Å². The van der Waals surface area contributed by atoms with Gasteiger partial charge in [0.1, 0.15) is 0 Å². The third kappa shape index (κ3) is 3.00. The van der Waals surface area contributed by atoms with Gasteiger partial charge in [0, 0.05) is 45.6 Å². The van der Waals surface area contributed by atoms with Crippen LogP contribution in [0.4, 0.5) is 0 Å². The van der Waals surface area contributed by atoms with Gasteiger partial charge in [-0.25, -0.2) is 0 Å². The van der Waals surface area contributed by atoms with Crippen molar-refractivity contribution in [2.75, 3.05) is 26.2 Å². The fourth-order valence-electron chi connectivity index (χ4n) is 1.92. The minimum absolute atomic E-state index is 0.589. The molecule has 2 heterocycles. The molecule has 2 rings (SSSR count). The summed E-state index contributed by atoms with van der Waals surface area (Å²) in [5.74, 6) is 1.47. The van der Waals surface area contributed by atoms with E-state index in [1.165, 1.54) is 0 Å². The molecule has 5 nitrogen and oxygen atoms in total. The topological polar surface area (TPSA) is 54.2 Å². The Balaban J connectivity index is 1.77. The zero-order chi connectivity index (χ0) is 10.7. The fourth-order valence-corrected chi connectivity index (χ4v) is 1.92. The Bertz CT molecular complexity index is 312. The molecule has 0 spiro atoms. The maximum Gasteiger partial charge on any atom is 0.223 e. The van der Waals surface area contributed by atoms with E-state index in [9.17, 15) is 0 Å². The molecule has 1 aliphatic rings. The lowest BCUT2D eigenvalue weighted by Crippen LogP contribution is -2.49. The molecule has 1 atom stereocenters. The van der Waals surface area contributed by atoms with Crippen molar-refractivity contribution < 1.29 is 4.52 Å². The van der Waals surface area contributed by atoms with Crippen molar-refractivity contribution in [3.8, 4) is 0 Å². The third-order valence-electron chi connectivity index (χ3n) is 2.67. The average molecular weight is 210 g/mol. The van der Waals surface area contributed by atoms with Crippen molar-refractivity contribution in [1.29, 1.82) is 0 Å². The molecule has 1 unspecified atom stereocenters. The monoisotopic (exact) mass is 210 g/mol. The number of nitrogens with zero attached hydrogens (tertiary/aromatic N) is 3. The molecule has 1 aromatic rings. The summed E-state index contributed by atoms with van der Waals surface area (Å²) >= 11 is 0. The van der Waals surface area contributed by atoms with E-state index < -0.39 is 0 Å². The Morgan fingerprint density at radius 2 is 2.47 bits per heavy atom. The molecule has 1 saturated heterocycles. The van der Waals surface area contributed by atoms with Crippen LogP contribution in [0.15, 0.2) is 4.52 Å². The second-order valence-corrected chi connectivity index (χ2v) is 4.14. The quantitative estimate of drug-likeness (QED) is 0.773. The molecule has 0 radical (unpaired) electrons. The van der Waals surface area contributed by atoms with Crippen molar-refractivity contribution >= 4 is 0 Å². The summed E-state index contributed by atoms with van der Waals surface area (Å²) in [6.45, 7) is 8.35. The Labute approximate surface area is 89.8 Å². The summed E-state index contributed by atoms with van der Waals surface area (Å²) in [4.78, 5) is 6.63. The highest BCUT2D eigenvalue weighted by Crippen LogP contribution is 2.01. The number of aromatic nitrogens is 2. The molecule has 0 saturated carbocycles. The van der Waals surface area contributed by atoms with Gasteiger partial charge < -0.3 is 14.7 Å². The van der Waals surface area contributed by atoms with Crippen molar-refractivity contribution in [3.63, 3.8) is 0 Å². The van der Waals surface area contributed by atoms with Gasteiger partial charge in [0.25, 0.3) is 0 Å². The predicted molar refractivity (Wildman–Crippen MR) is 56.6 cm³/mol. The Kier molecular flexibility index (Phi) is 3.33. The van der Waals surface area contributed by atoms with Crippen molar-refractivity contribution in [3.05, 3.63) is 11.7 Å². The molecular weight excluding hydrogens is 192 g/mol. The SMILES string of the molecule is Cc1nc(CCN2CCNC(C)C2)no1. The second kappa shape index (κ2) is 4.72. The van der Waals surface area contributed by atoms with Crippen LogP contribution in [0.2, 0.25) is 0 Å². The minimum Gasteiger partial charge on any atom is -0.340 e. The van der Waals surface area contributed by atoms with E-state index in [0.29, 0.717) is 11.9 Å². The fraction of sp³-hybridized carbons (Fsp3) is 0.800. The van der Waals surface area contributed by atoms with Gasteiger partial charge in [0.2, 0.25) is 5.89 Å². The molecule has 0 amide bonds. The lowest BCUT2D eigenvalue weighted by molar-refractivity contribution is 0.208. The van der Waals surface area contributed by atoms with Gasteiger partial charge in [-0.1, -0.05) is 5.16 Å². The molecule has 0 bridgehead atoms. The van der Waals surface area contributed by atoms with Gasteiger partial charge in [-0.2, -0.15) is 4.98 Å². The molecule has 5 heteroatoms. The summed E-state index contributed by atoms with van der Waals surface area (Å²) in [7, 11) is 0. The first-order valence-corrected chi connectivity index (χ1v) is 5.49. The molecule has 1 fully saturated rings. The molecule has 15 heavy (non-hydrogen) atoms. The third-order valence-corrected chi connectivity index (χ3v) is 2.67. The Morgan fingerprint density at radius 3 is 3.13 bits per heavy atom. The summed E-state index contributed by atoms with van der Waals surface area (Å²) < 4.78 is 4.93. The molecule has 84 valence electrons. The van der Waals surface area contributed by atoms with Gasteiger partial charge in [-0.3, -0.25) is 0 Å². The highest BCUT2D eigenvalue weighted by atomic mass is 16.5. The van der Waals surface area contributed by atoms with Crippen LogP contribution < -0.4 is 5.32 Å². The van der Waals surface area contributed by atoms with Crippen LogP contribution in [-0.2, 0) is 6.42 Å². The Morgan fingerprint density at radius 1 is 1.60 bits per heavy atom. The largest absolute Gasteiger partial charge is 0.340 e. The first-order chi connectivity index (χ1) is 7.24. The van der Waals surface area contributed by atoms with Gasteiger partial charge in [-0.05, 0) is 6.92 Å². The van der Waals surface area contributed by atoms with Crippen LogP contribution in [0.5, 0.6) is 0 Å². The van der Waals surface area contributed by atoms with Crippen LogP contribution >= 0.6 is 0 Å². The number of piperazine rings is 1. The summed E-state index contributed by atoms with van der Waals surface area (Å²) in [6.07, 6.45) is 0.879. The second-order valence-electron chi connectivity index (χ2n) is 4.14. The number of hydrogen-bond donors (Lipinski definition) is 1. The average Bonchev–Trinajstić information content (AvgIpc) is 2.62. The maximum absolute atomic E-state index is 4.93. The van der Waals surface area contributed by atoms with E-state index in [1.54, 1.807) is 0 Å². The zero-order valence-electron chi connectivity index (χ0n) is 9.36. The van der Waals surface area contributed by atoms with Crippen molar-refractivity contribution in [1.82, 2.24) is 20.4 Å². The summed E-state index contributed by atoms with van der Waals surface area (Å²) in [5.41, 5.74) is 0. The zero-order valence-corrected chi connectivity index (χ0v) is 9.36. The van der Waals surface area contributed by atoms with Crippen LogP contribution in [-0.4, -0.2) is 47.3 Å².